The molecule has 1 aliphatic rings. The third kappa shape index (κ3) is 5.23. The average molecular weight is 428 g/mol. The molecule has 3 heterocycles. The molecule has 164 valence electrons. The first-order valence-electron chi connectivity index (χ1n) is 10.4. The third-order valence-corrected chi connectivity index (χ3v) is 5.50. The van der Waals surface area contributed by atoms with Crippen molar-refractivity contribution in [2.45, 2.75) is 26.9 Å². The number of aromatic nitrogens is 4. The second kappa shape index (κ2) is 9.07. The summed E-state index contributed by atoms with van der Waals surface area (Å²) in [7, 11) is 0. The number of nitrogens with zero attached hydrogens (tertiary/aromatic N) is 6. The summed E-state index contributed by atoms with van der Waals surface area (Å²) in [6.45, 7) is 8.83. The maximum absolute atomic E-state index is 13.4. The number of halogens is 2. The van der Waals surface area contributed by atoms with Gasteiger partial charge in [0.1, 0.15) is 11.6 Å². The molecule has 0 amide bonds. The number of benzene rings is 1. The Balaban J connectivity index is 1.33. The molecule has 0 radical (unpaired) electrons. The van der Waals surface area contributed by atoms with E-state index < -0.39 is 11.6 Å². The van der Waals surface area contributed by atoms with Crippen molar-refractivity contribution in [3.63, 3.8) is 0 Å². The highest BCUT2D eigenvalue weighted by Gasteiger charge is 2.18. The normalized spacial score (nSPS) is 15.5. The van der Waals surface area contributed by atoms with Crippen LogP contribution in [0.15, 0.2) is 41.2 Å². The standard InChI is InChI=1S/C22H26F2N6O/c1-16-11-17(2)30(25-16)21-3-4-22(31)29(26-21)10-9-27-5-7-28(8-6-27)15-18-12-19(23)14-20(24)13-18/h3-4,11-14H,5-10,15H2,1-2H3. The predicted molar refractivity (Wildman–Crippen MR) is 113 cm³/mol. The SMILES string of the molecule is Cc1cc(C)n(-c2ccc(=O)n(CCN3CCN(Cc4cc(F)cc(F)c4)CC3)n2)n1. The summed E-state index contributed by atoms with van der Waals surface area (Å²) in [5, 5.41) is 8.92. The van der Waals surface area contributed by atoms with Gasteiger partial charge in [-0.3, -0.25) is 14.6 Å². The summed E-state index contributed by atoms with van der Waals surface area (Å²) in [4.78, 5) is 16.7. The molecule has 3 aromatic rings. The van der Waals surface area contributed by atoms with E-state index >= 15 is 0 Å². The molecule has 4 rings (SSSR count). The molecule has 1 fully saturated rings. The van der Waals surface area contributed by atoms with E-state index in [1.165, 1.54) is 22.9 Å². The van der Waals surface area contributed by atoms with Crippen LogP contribution >= 0.6 is 0 Å². The third-order valence-electron chi connectivity index (χ3n) is 5.50. The summed E-state index contributed by atoms with van der Waals surface area (Å²) >= 11 is 0. The molecule has 7 nitrogen and oxygen atoms in total. The summed E-state index contributed by atoms with van der Waals surface area (Å²) in [5.41, 5.74) is 2.36. The molecule has 0 aliphatic carbocycles. The van der Waals surface area contributed by atoms with Crippen LogP contribution in [0.2, 0.25) is 0 Å². The lowest BCUT2D eigenvalue weighted by atomic mass is 10.2. The topological polar surface area (TPSA) is 59.2 Å². The van der Waals surface area contributed by atoms with E-state index in [2.05, 4.69) is 20.0 Å². The van der Waals surface area contributed by atoms with Gasteiger partial charge in [-0.15, -0.1) is 5.10 Å². The first kappa shape index (κ1) is 21.3. The number of hydrogen-bond donors (Lipinski definition) is 0. The number of piperazine rings is 1. The smallest absolute Gasteiger partial charge is 0.266 e. The van der Waals surface area contributed by atoms with Gasteiger partial charge in [0, 0.05) is 57.1 Å². The highest BCUT2D eigenvalue weighted by atomic mass is 19.1. The fraction of sp³-hybridized carbons (Fsp3) is 0.409. The number of aryl methyl sites for hydroxylation is 2. The maximum atomic E-state index is 13.4. The lowest BCUT2D eigenvalue weighted by molar-refractivity contribution is 0.122. The van der Waals surface area contributed by atoms with Gasteiger partial charge in [-0.25, -0.2) is 18.1 Å². The highest BCUT2D eigenvalue weighted by Crippen LogP contribution is 2.13. The van der Waals surface area contributed by atoms with E-state index in [1.54, 1.807) is 10.7 Å². The molecule has 1 aliphatic heterocycles. The van der Waals surface area contributed by atoms with Crippen molar-refractivity contribution in [2.75, 3.05) is 32.7 Å². The predicted octanol–water partition coefficient (Wildman–Crippen LogP) is 2.14. The Bertz CT molecular complexity index is 1100. The Hall–Kier alpha value is -2.91. The fourth-order valence-electron chi connectivity index (χ4n) is 3.94. The van der Waals surface area contributed by atoms with Crippen LogP contribution in [0.25, 0.3) is 5.82 Å². The van der Waals surface area contributed by atoms with Crippen LogP contribution in [0.1, 0.15) is 17.0 Å². The van der Waals surface area contributed by atoms with E-state index in [-0.39, 0.29) is 5.56 Å². The molecule has 0 saturated carbocycles. The molecule has 31 heavy (non-hydrogen) atoms. The Morgan fingerprint density at radius 3 is 2.19 bits per heavy atom. The average Bonchev–Trinajstić information content (AvgIpc) is 3.06. The van der Waals surface area contributed by atoms with Crippen LogP contribution < -0.4 is 5.56 Å². The molecule has 2 aromatic heterocycles. The Labute approximate surface area is 179 Å². The highest BCUT2D eigenvalue weighted by molar-refractivity contribution is 5.23. The molecule has 0 N–H and O–H groups in total. The first-order valence-corrected chi connectivity index (χ1v) is 10.4. The zero-order valence-corrected chi connectivity index (χ0v) is 17.8. The maximum Gasteiger partial charge on any atom is 0.266 e. The van der Waals surface area contributed by atoms with Crippen molar-refractivity contribution in [3.8, 4) is 5.82 Å². The molecular formula is C22H26F2N6O. The lowest BCUT2D eigenvalue weighted by Gasteiger charge is -2.34. The van der Waals surface area contributed by atoms with Crippen molar-refractivity contribution in [1.29, 1.82) is 0 Å². The van der Waals surface area contributed by atoms with Crippen molar-refractivity contribution < 1.29 is 8.78 Å². The minimum absolute atomic E-state index is 0.142. The van der Waals surface area contributed by atoms with Crippen molar-refractivity contribution >= 4 is 0 Å². The van der Waals surface area contributed by atoms with Gasteiger partial charge in [0.05, 0.1) is 12.2 Å². The molecule has 0 bridgehead atoms. The van der Waals surface area contributed by atoms with Gasteiger partial charge in [0.15, 0.2) is 5.82 Å². The molecule has 0 spiro atoms. The lowest BCUT2D eigenvalue weighted by Crippen LogP contribution is -2.47. The van der Waals surface area contributed by atoms with Gasteiger partial charge in [-0.05, 0) is 43.7 Å². The van der Waals surface area contributed by atoms with E-state index in [1.807, 2.05) is 19.9 Å². The second-order valence-corrected chi connectivity index (χ2v) is 7.99. The van der Waals surface area contributed by atoms with Crippen molar-refractivity contribution in [1.82, 2.24) is 29.4 Å². The zero-order valence-electron chi connectivity index (χ0n) is 17.8. The van der Waals surface area contributed by atoms with E-state index in [0.717, 1.165) is 43.6 Å². The second-order valence-electron chi connectivity index (χ2n) is 7.99. The van der Waals surface area contributed by atoms with E-state index in [0.29, 0.717) is 31.0 Å². The van der Waals surface area contributed by atoms with Crippen LogP contribution in [0.4, 0.5) is 8.78 Å². The summed E-state index contributed by atoms with van der Waals surface area (Å²) in [6, 6.07) is 8.82. The van der Waals surface area contributed by atoms with Crippen LogP contribution in [0.5, 0.6) is 0 Å². The first-order chi connectivity index (χ1) is 14.9. The Morgan fingerprint density at radius 2 is 1.55 bits per heavy atom. The molecular weight excluding hydrogens is 402 g/mol. The molecule has 9 heteroatoms. The van der Waals surface area contributed by atoms with Gasteiger partial charge in [-0.1, -0.05) is 0 Å². The fourth-order valence-corrected chi connectivity index (χ4v) is 3.94. The Kier molecular flexibility index (Phi) is 6.24. The monoisotopic (exact) mass is 428 g/mol. The van der Waals surface area contributed by atoms with Gasteiger partial charge in [0.25, 0.3) is 5.56 Å². The van der Waals surface area contributed by atoms with E-state index in [4.69, 9.17) is 0 Å². The van der Waals surface area contributed by atoms with Crippen LogP contribution in [-0.4, -0.2) is 62.1 Å². The van der Waals surface area contributed by atoms with Crippen molar-refractivity contribution in [2.24, 2.45) is 0 Å². The Morgan fingerprint density at radius 1 is 0.871 bits per heavy atom. The van der Waals surface area contributed by atoms with Gasteiger partial charge < -0.3 is 0 Å². The quantitative estimate of drug-likeness (QED) is 0.602. The summed E-state index contributed by atoms with van der Waals surface area (Å²) in [5.74, 6) is -0.471. The minimum atomic E-state index is -0.547. The number of hydrogen-bond acceptors (Lipinski definition) is 5. The molecule has 1 aromatic carbocycles. The summed E-state index contributed by atoms with van der Waals surface area (Å²) < 4.78 is 30.0. The largest absolute Gasteiger partial charge is 0.299 e. The van der Waals surface area contributed by atoms with Gasteiger partial charge in [-0.2, -0.15) is 5.10 Å². The van der Waals surface area contributed by atoms with E-state index in [9.17, 15) is 13.6 Å². The van der Waals surface area contributed by atoms with Crippen LogP contribution in [0.3, 0.4) is 0 Å². The number of rotatable bonds is 6. The van der Waals surface area contributed by atoms with Crippen LogP contribution in [-0.2, 0) is 13.1 Å². The molecule has 0 unspecified atom stereocenters. The molecule has 1 saturated heterocycles. The van der Waals surface area contributed by atoms with Gasteiger partial charge in [0.2, 0.25) is 0 Å². The van der Waals surface area contributed by atoms with Crippen molar-refractivity contribution in [3.05, 3.63) is 75.3 Å². The summed E-state index contributed by atoms with van der Waals surface area (Å²) in [6.07, 6.45) is 0. The van der Waals surface area contributed by atoms with Gasteiger partial charge >= 0.3 is 0 Å². The zero-order chi connectivity index (χ0) is 22.0. The molecule has 0 atom stereocenters. The van der Waals surface area contributed by atoms with Crippen LogP contribution in [0, 0.1) is 25.5 Å². The minimum Gasteiger partial charge on any atom is -0.299 e.